The normalized spacial score (nSPS) is 10.6. The van der Waals surface area contributed by atoms with Crippen molar-refractivity contribution in [3.63, 3.8) is 0 Å². The highest BCUT2D eigenvalue weighted by Gasteiger charge is 2.04. The first-order valence-corrected chi connectivity index (χ1v) is 6.43. The number of non-ortho nitro benzene ring substituents is 1. The van der Waals surface area contributed by atoms with Gasteiger partial charge in [0.15, 0.2) is 0 Å². The molecule has 0 aliphatic carbocycles. The van der Waals surface area contributed by atoms with Crippen molar-refractivity contribution >= 4 is 16.5 Å². The minimum atomic E-state index is -0.375. The average molecular weight is 263 g/mol. The standard InChI is InChI=1S/C17H13NO2/c19-18(20)17-9-6-13(7-10-17)11-14-5-8-15-3-1-2-4-16(15)12-14/h1-10,12H,11H2. The Labute approximate surface area is 116 Å². The van der Waals surface area contributed by atoms with Crippen LogP contribution in [-0.4, -0.2) is 4.92 Å². The summed E-state index contributed by atoms with van der Waals surface area (Å²) in [6.45, 7) is 0. The number of hydrogen-bond acceptors (Lipinski definition) is 2. The van der Waals surface area contributed by atoms with Gasteiger partial charge in [-0.05, 0) is 28.3 Å². The summed E-state index contributed by atoms with van der Waals surface area (Å²) in [5.41, 5.74) is 2.41. The zero-order valence-electron chi connectivity index (χ0n) is 10.8. The van der Waals surface area contributed by atoms with E-state index in [1.54, 1.807) is 12.1 Å². The van der Waals surface area contributed by atoms with Crippen molar-refractivity contribution in [3.8, 4) is 0 Å². The molecule has 0 saturated heterocycles. The molecule has 0 saturated carbocycles. The first kappa shape index (κ1) is 12.4. The average Bonchev–Trinajstić information content (AvgIpc) is 2.48. The summed E-state index contributed by atoms with van der Waals surface area (Å²) in [4.78, 5) is 10.2. The fourth-order valence-electron chi connectivity index (χ4n) is 2.32. The van der Waals surface area contributed by atoms with Gasteiger partial charge in [0.05, 0.1) is 4.92 Å². The number of fused-ring (bicyclic) bond motifs is 1. The smallest absolute Gasteiger partial charge is 0.258 e. The Kier molecular flexibility index (Phi) is 3.17. The summed E-state index contributed by atoms with van der Waals surface area (Å²) in [5, 5.41) is 13.1. The van der Waals surface area contributed by atoms with Crippen LogP contribution >= 0.6 is 0 Å². The largest absolute Gasteiger partial charge is 0.269 e. The van der Waals surface area contributed by atoms with Crippen LogP contribution in [-0.2, 0) is 6.42 Å². The Morgan fingerprint density at radius 1 is 0.800 bits per heavy atom. The quantitative estimate of drug-likeness (QED) is 0.521. The van der Waals surface area contributed by atoms with Gasteiger partial charge in [-0.3, -0.25) is 10.1 Å². The maximum Gasteiger partial charge on any atom is 0.269 e. The van der Waals surface area contributed by atoms with Crippen LogP contribution in [0.4, 0.5) is 5.69 Å². The van der Waals surface area contributed by atoms with Crippen LogP contribution in [0.5, 0.6) is 0 Å². The van der Waals surface area contributed by atoms with E-state index in [2.05, 4.69) is 30.3 Å². The fraction of sp³-hybridized carbons (Fsp3) is 0.0588. The van der Waals surface area contributed by atoms with E-state index in [1.807, 2.05) is 24.3 Å². The lowest BCUT2D eigenvalue weighted by molar-refractivity contribution is -0.384. The van der Waals surface area contributed by atoms with Gasteiger partial charge in [0.25, 0.3) is 5.69 Å². The maximum absolute atomic E-state index is 10.6. The zero-order valence-corrected chi connectivity index (χ0v) is 10.8. The molecule has 0 heterocycles. The van der Waals surface area contributed by atoms with Crippen molar-refractivity contribution in [2.75, 3.05) is 0 Å². The van der Waals surface area contributed by atoms with E-state index in [9.17, 15) is 10.1 Å². The molecular formula is C17H13NO2. The molecule has 0 aliphatic rings. The summed E-state index contributed by atoms with van der Waals surface area (Å²) in [6, 6.07) is 21.3. The Hall–Kier alpha value is -2.68. The monoisotopic (exact) mass is 263 g/mol. The molecule has 0 fully saturated rings. The predicted molar refractivity (Wildman–Crippen MR) is 79.9 cm³/mol. The van der Waals surface area contributed by atoms with Crippen LogP contribution in [0.3, 0.4) is 0 Å². The lowest BCUT2D eigenvalue weighted by Gasteiger charge is -2.04. The molecule has 98 valence electrons. The lowest BCUT2D eigenvalue weighted by Crippen LogP contribution is -1.91. The molecule has 0 amide bonds. The number of hydrogen-bond donors (Lipinski definition) is 0. The molecule has 0 unspecified atom stereocenters. The third-order valence-corrected chi connectivity index (χ3v) is 3.37. The molecule has 3 aromatic rings. The van der Waals surface area contributed by atoms with Gasteiger partial charge in [0.2, 0.25) is 0 Å². The molecule has 0 bridgehead atoms. The SMILES string of the molecule is O=[N+]([O-])c1ccc(Cc2ccc3ccccc3c2)cc1. The molecule has 0 aliphatic heterocycles. The number of benzene rings is 3. The minimum Gasteiger partial charge on any atom is -0.258 e. The number of rotatable bonds is 3. The van der Waals surface area contributed by atoms with Crippen LogP contribution < -0.4 is 0 Å². The Bertz CT molecular complexity index is 763. The van der Waals surface area contributed by atoms with E-state index in [0.717, 1.165) is 12.0 Å². The second kappa shape index (κ2) is 5.13. The van der Waals surface area contributed by atoms with E-state index >= 15 is 0 Å². The summed E-state index contributed by atoms with van der Waals surface area (Å²) in [6.07, 6.45) is 0.781. The van der Waals surface area contributed by atoms with Crippen molar-refractivity contribution in [1.29, 1.82) is 0 Å². The lowest BCUT2D eigenvalue weighted by atomic mass is 10.0. The van der Waals surface area contributed by atoms with E-state index in [0.29, 0.717) is 0 Å². The van der Waals surface area contributed by atoms with E-state index in [4.69, 9.17) is 0 Å². The Morgan fingerprint density at radius 3 is 2.15 bits per heavy atom. The van der Waals surface area contributed by atoms with Crippen LogP contribution in [0.2, 0.25) is 0 Å². The molecule has 3 rings (SSSR count). The predicted octanol–water partition coefficient (Wildman–Crippen LogP) is 4.34. The van der Waals surface area contributed by atoms with Gasteiger partial charge in [0, 0.05) is 12.1 Å². The third-order valence-electron chi connectivity index (χ3n) is 3.37. The molecule has 3 aromatic carbocycles. The first-order chi connectivity index (χ1) is 9.72. The number of nitro groups is 1. The highest BCUT2D eigenvalue weighted by Crippen LogP contribution is 2.19. The van der Waals surface area contributed by atoms with Gasteiger partial charge in [0.1, 0.15) is 0 Å². The second-order valence-electron chi connectivity index (χ2n) is 4.78. The van der Waals surface area contributed by atoms with Crippen LogP contribution in [0.25, 0.3) is 10.8 Å². The van der Waals surface area contributed by atoms with Gasteiger partial charge in [-0.25, -0.2) is 0 Å². The zero-order chi connectivity index (χ0) is 13.9. The molecular weight excluding hydrogens is 250 g/mol. The molecule has 3 nitrogen and oxygen atoms in total. The van der Waals surface area contributed by atoms with Crippen molar-refractivity contribution in [2.45, 2.75) is 6.42 Å². The summed E-state index contributed by atoms with van der Waals surface area (Å²) >= 11 is 0. The molecule has 0 atom stereocenters. The topological polar surface area (TPSA) is 43.1 Å². The minimum absolute atomic E-state index is 0.132. The second-order valence-corrected chi connectivity index (χ2v) is 4.78. The molecule has 0 N–H and O–H groups in total. The van der Waals surface area contributed by atoms with E-state index in [-0.39, 0.29) is 10.6 Å². The van der Waals surface area contributed by atoms with Gasteiger partial charge in [-0.2, -0.15) is 0 Å². The fourth-order valence-corrected chi connectivity index (χ4v) is 2.32. The summed E-state index contributed by atoms with van der Waals surface area (Å²) < 4.78 is 0. The van der Waals surface area contributed by atoms with Gasteiger partial charge >= 0.3 is 0 Å². The van der Waals surface area contributed by atoms with Gasteiger partial charge in [-0.1, -0.05) is 54.6 Å². The molecule has 0 radical (unpaired) electrons. The van der Waals surface area contributed by atoms with Crippen molar-refractivity contribution in [1.82, 2.24) is 0 Å². The first-order valence-electron chi connectivity index (χ1n) is 6.43. The van der Waals surface area contributed by atoms with E-state index < -0.39 is 0 Å². The summed E-state index contributed by atoms with van der Waals surface area (Å²) in [7, 11) is 0. The molecule has 20 heavy (non-hydrogen) atoms. The number of nitro benzene ring substituents is 1. The number of nitrogens with zero attached hydrogens (tertiary/aromatic N) is 1. The molecule has 0 aromatic heterocycles. The van der Waals surface area contributed by atoms with Crippen molar-refractivity contribution in [2.24, 2.45) is 0 Å². The van der Waals surface area contributed by atoms with Crippen molar-refractivity contribution in [3.05, 3.63) is 88.0 Å². The van der Waals surface area contributed by atoms with Crippen LogP contribution in [0, 0.1) is 10.1 Å². The highest BCUT2D eigenvalue weighted by molar-refractivity contribution is 5.83. The maximum atomic E-state index is 10.6. The Morgan fingerprint density at radius 2 is 1.45 bits per heavy atom. The van der Waals surface area contributed by atoms with E-state index in [1.165, 1.54) is 16.3 Å². The summed E-state index contributed by atoms with van der Waals surface area (Å²) in [5.74, 6) is 0. The molecule has 0 spiro atoms. The van der Waals surface area contributed by atoms with Crippen molar-refractivity contribution < 1.29 is 4.92 Å². The third kappa shape index (κ3) is 2.52. The highest BCUT2D eigenvalue weighted by atomic mass is 16.6. The van der Waals surface area contributed by atoms with Gasteiger partial charge in [-0.15, -0.1) is 0 Å². The Balaban J connectivity index is 1.87. The van der Waals surface area contributed by atoms with Gasteiger partial charge < -0.3 is 0 Å². The van der Waals surface area contributed by atoms with Crippen LogP contribution in [0.15, 0.2) is 66.7 Å². The van der Waals surface area contributed by atoms with Crippen LogP contribution in [0.1, 0.15) is 11.1 Å². The molecule has 3 heteroatoms.